The van der Waals surface area contributed by atoms with E-state index in [0.717, 1.165) is 53.4 Å². The third kappa shape index (κ3) is 4.31. The zero-order chi connectivity index (χ0) is 25.4. The number of carbonyl (C=O) groups excluding carboxylic acids is 1. The van der Waals surface area contributed by atoms with Crippen LogP contribution in [0.15, 0.2) is 77.7 Å². The molecule has 3 N–H and O–H groups in total. The van der Waals surface area contributed by atoms with Gasteiger partial charge >= 0.3 is 0 Å². The third-order valence-electron chi connectivity index (χ3n) is 7.50. The topological polar surface area (TPSA) is 92.1 Å². The molecule has 37 heavy (non-hydrogen) atoms. The summed E-state index contributed by atoms with van der Waals surface area (Å²) in [5, 5.41) is 14.3. The predicted molar refractivity (Wildman–Crippen MR) is 146 cm³/mol. The highest BCUT2D eigenvalue weighted by Crippen LogP contribution is 2.32. The highest BCUT2D eigenvalue weighted by molar-refractivity contribution is 5.98. The van der Waals surface area contributed by atoms with E-state index in [0.29, 0.717) is 23.9 Å². The normalized spacial score (nSPS) is 14.4. The van der Waals surface area contributed by atoms with Gasteiger partial charge in [-0.25, -0.2) is 4.68 Å². The minimum absolute atomic E-state index is 0.0972. The van der Waals surface area contributed by atoms with Crippen molar-refractivity contribution >= 4 is 27.7 Å². The summed E-state index contributed by atoms with van der Waals surface area (Å²) in [5.74, 6) is 0.00711. The van der Waals surface area contributed by atoms with Crippen molar-refractivity contribution in [2.45, 2.75) is 44.6 Å². The molecule has 1 fully saturated rings. The van der Waals surface area contributed by atoms with Gasteiger partial charge < -0.3 is 15.4 Å². The number of hydrogen-bond donors (Lipinski definition) is 3. The molecule has 6 rings (SSSR count). The molecular weight excluding hydrogens is 464 g/mol. The van der Waals surface area contributed by atoms with Crippen LogP contribution in [0.2, 0.25) is 0 Å². The monoisotopic (exact) mass is 494 g/mol. The fourth-order valence-corrected chi connectivity index (χ4v) is 5.65. The maximum Gasteiger partial charge on any atom is 0.279 e. The summed E-state index contributed by atoms with van der Waals surface area (Å²) in [6, 6.07) is 20.7. The van der Waals surface area contributed by atoms with Gasteiger partial charge in [0.2, 0.25) is 0 Å². The molecule has 3 aromatic carbocycles. The Kier molecular flexibility index (Phi) is 6.04. The van der Waals surface area contributed by atoms with Gasteiger partial charge in [-0.1, -0.05) is 37.5 Å². The summed E-state index contributed by atoms with van der Waals surface area (Å²) in [7, 11) is 0. The van der Waals surface area contributed by atoms with Crippen LogP contribution in [0.4, 0.5) is 0 Å². The first-order valence-electron chi connectivity index (χ1n) is 13.0. The lowest BCUT2D eigenvalue weighted by Gasteiger charge is -2.26. The van der Waals surface area contributed by atoms with Crippen LogP contribution in [-0.4, -0.2) is 31.9 Å². The first-order chi connectivity index (χ1) is 18.1. The fourth-order valence-electron chi connectivity index (χ4n) is 5.65. The number of fused-ring (bicyclic) bond motifs is 2. The number of aromatic nitrogens is 3. The predicted octanol–water partition coefficient (Wildman–Crippen LogP) is 5.46. The van der Waals surface area contributed by atoms with Crippen molar-refractivity contribution in [3.8, 4) is 11.4 Å². The molecule has 0 unspecified atom stereocenters. The van der Waals surface area contributed by atoms with E-state index in [1.165, 1.54) is 6.42 Å². The lowest BCUT2D eigenvalue weighted by molar-refractivity contribution is 0.0954. The highest BCUT2D eigenvalue weighted by atomic mass is 16.3. The second-order valence-corrected chi connectivity index (χ2v) is 9.87. The number of rotatable bonds is 6. The van der Waals surface area contributed by atoms with E-state index in [1.54, 1.807) is 22.9 Å². The number of phenols is 1. The number of benzene rings is 3. The minimum Gasteiger partial charge on any atom is -0.508 e. The van der Waals surface area contributed by atoms with Crippen molar-refractivity contribution in [3.63, 3.8) is 0 Å². The van der Waals surface area contributed by atoms with Crippen molar-refractivity contribution in [3.05, 3.63) is 94.4 Å². The van der Waals surface area contributed by atoms with Crippen molar-refractivity contribution in [1.29, 1.82) is 0 Å². The zero-order valence-corrected chi connectivity index (χ0v) is 20.6. The van der Waals surface area contributed by atoms with Crippen molar-refractivity contribution in [2.24, 2.45) is 0 Å². The lowest BCUT2D eigenvalue weighted by atomic mass is 9.95. The van der Waals surface area contributed by atoms with Crippen LogP contribution in [0, 0.1) is 0 Å². The van der Waals surface area contributed by atoms with Gasteiger partial charge in [0.25, 0.3) is 11.5 Å². The first kappa shape index (κ1) is 23.2. The molecule has 5 aromatic rings. The second-order valence-electron chi connectivity index (χ2n) is 9.87. The van der Waals surface area contributed by atoms with Crippen LogP contribution in [0.3, 0.4) is 0 Å². The van der Waals surface area contributed by atoms with Gasteiger partial charge in [-0.2, -0.15) is 0 Å². The van der Waals surface area contributed by atoms with Gasteiger partial charge in [-0.05, 0) is 73.4 Å². The molecule has 0 atom stereocenters. The Labute approximate surface area is 214 Å². The number of nitrogens with zero attached hydrogens (tertiary/aromatic N) is 2. The molecule has 0 saturated heterocycles. The highest BCUT2D eigenvalue weighted by Gasteiger charge is 2.24. The molecule has 1 saturated carbocycles. The van der Waals surface area contributed by atoms with E-state index in [1.807, 2.05) is 54.7 Å². The molecule has 1 aliphatic carbocycles. The number of aromatic amines is 1. The number of hydrogen-bond acceptors (Lipinski definition) is 3. The van der Waals surface area contributed by atoms with E-state index < -0.39 is 0 Å². The number of phenolic OH excluding ortho intramolecular Hbond substituents is 1. The van der Waals surface area contributed by atoms with Gasteiger partial charge in [0.15, 0.2) is 0 Å². The molecule has 1 aliphatic rings. The van der Waals surface area contributed by atoms with Crippen LogP contribution in [0.25, 0.3) is 27.5 Å². The molecule has 0 radical (unpaired) electrons. The summed E-state index contributed by atoms with van der Waals surface area (Å²) in [6.07, 6.45) is 8.16. The standard InChI is InChI=1S/C30H30N4O3/c35-24-12-13-27-25(18-24)21(19-32-27)15-16-31-29(36)20-11-14-28-26(17-20)30(37)34(23-9-5-2-6-10-23)33(28)22-7-3-1-4-8-22/h2,5-6,9-14,17-19,22,32,35H,1,3-4,7-8,15-16H2,(H,31,36). The van der Waals surface area contributed by atoms with Crippen molar-refractivity contribution in [1.82, 2.24) is 19.7 Å². The smallest absolute Gasteiger partial charge is 0.279 e. The molecule has 0 spiro atoms. The Bertz CT molecular complexity index is 1640. The van der Waals surface area contributed by atoms with E-state index >= 15 is 0 Å². The molecule has 2 heterocycles. The number of aromatic hydroxyl groups is 1. The Balaban J connectivity index is 1.28. The average molecular weight is 495 g/mol. The van der Waals surface area contributed by atoms with Crippen molar-refractivity contribution < 1.29 is 9.90 Å². The van der Waals surface area contributed by atoms with Crippen molar-refractivity contribution in [2.75, 3.05) is 6.54 Å². The maximum absolute atomic E-state index is 13.7. The summed E-state index contributed by atoms with van der Waals surface area (Å²) in [5.41, 5.74) is 4.06. The molecule has 7 nitrogen and oxygen atoms in total. The number of nitrogens with one attached hydrogen (secondary N) is 2. The molecule has 7 heteroatoms. The van der Waals surface area contributed by atoms with E-state index in [4.69, 9.17) is 0 Å². The quantitative estimate of drug-likeness (QED) is 0.293. The Morgan fingerprint density at radius 2 is 1.78 bits per heavy atom. The van der Waals surface area contributed by atoms with Crippen LogP contribution >= 0.6 is 0 Å². The SMILES string of the molecule is O=C(NCCc1c[nH]c2ccc(O)cc12)c1ccc2c(c1)c(=O)n(-c1ccccc1)n2C1CCCCC1. The summed E-state index contributed by atoms with van der Waals surface area (Å²) in [4.78, 5) is 29.9. The Morgan fingerprint density at radius 3 is 2.59 bits per heavy atom. The molecule has 2 aromatic heterocycles. The van der Waals surface area contributed by atoms with E-state index in [2.05, 4.69) is 15.0 Å². The lowest BCUT2D eigenvalue weighted by Crippen LogP contribution is -2.26. The van der Waals surface area contributed by atoms with Gasteiger partial charge in [-0.15, -0.1) is 0 Å². The number of amides is 1. The van der Waals surface area contributed by atoms with Gasteiger partial charge in [0.1, 0.15) is 5.75 Å². The second kappa shape index (κ2) is 9.65. The fraction of sp³-hybridized carbons (Fsp3) is 0.267. The minimum atomic E-state index is -0.208. The van der Waals surface area contributed by atoms with Crippen LogP contribution in [0.5, 0.6) is 5.75 Å². The third-order valence-corrected chi connectivity index (χ3v) is 7.50. The van der Waals surface area contributed by atoms with E-state index in [9.17, 15) is 14.7 Å². The number of carbonyl (C=O) groups is 1. The average Bonchev–Trinajstić information content (AvgIpc) is 3.47. The summed E-state index contributed by atoms with van der Waals surface area (Å²) in [6.45, 7) is 0.441. The molecular formula is C30H30N4O3. The summed E-state index contributed by atoms with van der Waals surface area (Å²) < 4.78 is 3.94. The van der Waals surface area contributed by atoms with Gasteiger partial charge in [0, 0.05) is 29.2 Å². The maximum atomic E-state index is 13.7. The summed E-state index contributed by atoms with van der Waals surface area (Å²) >= 11 is 0. The zero-order valence-electron chi connectivity index (χ0n) is 20.6. The van der Waals surface area contributed by atoms with Crippen LogP contribution in [0.1, 0.15) is 54.1 Å². The van der Waals surface area contributed by atoms with Gasteiger partial charge in [-0.3, -0.25) is 14.3 Å². The molecule has 0 aliphatic heterocycles. The Hall–Kier alpha value is -4.26. The number of H-pyrrole nitrogens is 1. The van der Waals surface area contributed by atoms with Crippen LogP contribution < -0.4 is 10.9 Å². The Morgan fingerprint density at radius 1 is 0.973 bits per heavy atom. The molecule has 0 bridgehead atoms. The van der Waals surface area contributed by atoms with E-state index in [-0.39, 0.29) is 23.3 Å². The first-order valence-corrected chi connectivity index (χ1v) is 13.0. The molecule has 1 amide bonds. The molecule has 188 valence electrons. The van der Waals surface area contributed by atoms with Crippen LogP contribution in [-0.2, 0) is 6.42 Å². The number of para-hydroxylation sites is 1. The largest absolute Gasteiger partial charge is 0.508 e. The van der Waals surface area contributed by atoms with Gasteiger partial charge in [0.05, 0.1) is 22.6 Å².